The van der Waals surface area contributed by atoms with E-state index in [1.54, 1.807) is 30.6 Å². The summed E-state index contributed by atoms with van der Waals surface area (Å²) in [6, 6.07) is 8.16. The Kier molecular flexibility index (Phi) is 3.82. The van der Waals surface area contributed by atoms with Gasteiger partial charge in [0.15, 0.2) is 0 Å². The number of hydrogen-bond donors (Lipinski definition) is 2. The molecule has 0 saturated carbocycles. The number of hydrogen-bond acceptors (Lipinski definition) is 3. The molecule has 0 spiro atoms. The molecule has 1 radical (unpaired) electrons. The van der Waals surface area contributed by atoms with Crippen LogP contribution in [0.2, 0.25) is 0 Å². The normalized spacial score (nSPS) is 11.8. The monoisotopic (exact) mass is 191 g/mol. The molecule has 0 fully saturated rings. The summed E-state index contributed by atoms with van der Waals surface area (Å²) in [5, 5.41) is 2.45. The number of amides is 1. The molecule has 0 aliphatic carbocycles. The van der Waals surface area contributed by atoms with Gasteiger partial charge in [-0.1, -0.05) is 30.3 Å². The lowest BCUT2D eigenvalue weighted by molar-refractivity contribution is -0.120. The molecular weight excluding hydrogens is 180 g/mol. The zero-order valence-corrected chi connectivity index (χ0v) is 7.57. The van der Waals surface area contributed by atoms with Crippen LogP contribution in [0, 0.1) is 0 Å². The number of benzene rings is 1. The number of rotatable bonds is 4. The molecule has 1 aromatic carbocycles. The van der Waals surface area contributed by atoms with Crippen molar-refractivity contribution in [2.45, 2.75) is 6.04 Å². The number of nitrogens with one attached hydrogen (secondary N) is 1. The van der Waals surface area contributed by atoms with E-state index in [1.807, 2.05) is 6.07 Å². The van der Waals surface area contributed by atoms with Crippen LogP contribution in [0.25, 0.3) is 0 Å². The zero-order valence-electron chi connectivity index (χ0n) is 7.57. The molecule has 0 aliphatic rings. The van der Waals surface area contributed by atoms with Crippen molar-refractivity contribution in [1.29, 1.82) is 0 Å². The van der Waals surface area contributed by atoms with Gasteiger partial charge in [0.05, 0.1) is 6.54 Å². The molecule has 3 N–H and O–H groups in total. The Balaban J connectivity index is 2.73. The molecule has 4 heteroatoms. The summed E-state index contributed by atoms with van der Waals surface area (Å²) in [6.45, 7) is -0.134. The average molecular weight is 191 g/mol. The van der Waals surface area contributed by atoms with Crippen molar-refractivity contribution in [2.24, 2.45) is 5.73 Å². The predicted octanol–water partition coefficient (Wildman–Crippen LogP) is -0.0877. The molecule has 0 aliphatic heterocycles. The summed E-state index contributed by atoms with van der Waals surface area (Å²) < 4.78 is 0. The van der Waals surface area contributed by atoms with Gasteiger partial charge in [0.1, 0.15) is 6.04 Å². The Hall–Kier alpha value is -1.68. The van der Waals surface area contributed by atoms with Crippen molar-refractivity contribution in [3.63, 3.8) is 0 Å². The van der Waals surface area contributed by atoms with Gasteiger partial charge in [0, 0.05) is 0 Å². The van der Waals surface area contributed by atoms with Crippen LogP contribution in [-0.2, 0) is 9.59 Å². The standard InChI is InChI=1S/C10H11N2O2/c11-6-10(14)12-9(7-13)8-4-2-1-3-5-8/h1-5,9H,6,11H2,(H,12,14). The van der Waals surface area contributed by atoms with Crippen LogP contribution in [0.1, 0.15) is 11.6 Å². The summed E-state index contributed by atoms with van der Waals surface area (Å²) in [7, 11) is 0. The quantitative estimate of drug-likeness (QED) is 0.698. The zero-order chi connectivity index (χ0) is 10.4. The van der Waals surface area contributed by atoms with E-state index in [-0.39, 0.29) is 12.5 Å². The third kappa shape index (κ3) is 2.67. The molecular formula is C10H11N2O2. The van der Waals surface area contributed by atoms with Crippen LogP contribution in [0.4, 0.5) is 0 Å². The highest BCUT2D eigenvalue weighted by Gasteiger charge is 2.12. The molecule has 0 heterocycles. The third-order valence-electron chi connectivity index (χ3n) is 1.74. The van der Waals surface area contributed by atoms with Crippen molar-refractivity contribution >= 4 is 12.2 Å². The van der Waals surface area contributed by atoms with E-state index in [2.05, 4.69) is 5.32 Å². The van der Waals surface area contributed by atoms with Gasteiger partial charge >= 0.3 is 0 Å². The maximum Gasteiger partial charge on any atom is 0.234 e. The second-order valence-corrected chi connectivity index (χ2v) is 2.73. The summed E-state index contributed by atoms with van der Waals surface area (Å²) in [5.74, 6) is -0.373. The summed E-state index contributed by atoms with van der Waals surface area (Å²) >= 11 is 0. The third-order valence-corrected chi connectivity index (χ3v) is 1.74. The van der Waals surface area contributed by atoms with Crippen LogP contribution in [0.15, 0.2) is 30.3 Å². The van der Waals surface area contributed by atoms with Crippen LogP contribution in [0.5, 0.6) is 0 Å². The van der Waals surface area contributed by atoms with E-state index in [0.717, 1.165) is 0 Å². The highest BCUT2D eigenvalue weighted by atomic mass is 16.2. The van der Waals surface area contributed by atoms with Crippen molar-refractivity contribution in [2.75, 3.05) is 6.54 Å². The minimum Gasteiger partial charge on any atom is -0.341 e. The number of carbonyl (C=O) groups excluding carboxylic acids is 2. The summed E-state index contributed by atoms with van der Waals surface area (Å²) in [4.78, 5) is 21.5. The largest absolute Gasteiger partial charge is 0.341 e. The van der Waals surface area contributed by atoms with Crippen LogP contribution in [-0.4, -0.2) is 18.7 Å². The summed E-state index contributed by atoms with van der Waals surface area (Å²) in [6.07, 6.45) is 1.75. The lowest BCUT2D eigenvalue weighted by Crippen LogP contribution is -2.34. The fraction of sp³-hybridized carbons (Fsp3) is 0.200. The fourth-order valence-corrected chi connectivity index (χ4v) is 1.05. The van der Waals surface area contributed by atoms with Gasteiger partial charge in [-0.2, -0.15) is 0 Å². The van der Waals surface area contributed by atoms with Crippen LogP contribution in [0.3, 0.4) is 0 Å². The molecule has 0 bridgehead atoms. The highest BCUT2D eigenvalue weighted by Crippen LogP contribution is 2.08. The minimum atomic E-state index is -0.729. The smallest absolute Gasteiger partial charge is 0.234 e. The first kappa shape index (κ1) is 10.4. The Morgan fingerprint density at radius 3 is 2.57 bits per heavy atom. The van der Waals surface area contributed by atoms with E-state index >= 15 is 0 Å². The molecule has 0 saturated heterocycles. The van der Waals surface area contributed by atoms with Crippen LogP contribution >= 0.6 is 0 Å². The van der Waals surface area contributed by atoms with E-state index in [1.165, 1.54) is 0 Å². The first-order chi connectivity index (χ1) is 6.77. The lowest BCUT2D eigenvalue weighted by Gasteiger charge is -2.10. The lowest BCUT2D eigenvalue weighted by atomic mass is 10.1. The summed E-state index contributed by atoms with van der Waals surface area (Å²) in [5.41, 5.74) is 5.81. The number of nitrogens with two attached hydrogens (primary N) is 1. The Labute approximate surface area is 82.1 Å². The van der Waals surface area contributed by atoms with Crippen molar-refractivity contribution in [3.05, 3.63) is 35.9 Å². The van der Waals surface area contributed by atoms with Gasteiger partial charge in [-0.15, -0.1) is 0 Å². The van der Waals surface area contributed by atoms with Gasteiger partial charge < -0.3 is 11.1 Å². The molecule has 1 aromatic rings. The fourth-order valence-electron chi connectivity index (χ4n) is 1.05. The maximum absolute atomic E-state index is 10.9. The first-order valence-electron chi connectivity index (χ1n) is 4.20. The Bertz CT molecular complexity index is 311. The minimum absolute atomic E-state index is 0.134. The maximum atomic E-state index is 10.9. The molecule has 1 atom stereocenters. The van der Waals surface area contributed by atoms with Crippen molar-refractivity contribution in [3.8, 4) is 0 Å². The van der Waals surface area contributed by atoms with Gasteiger partial charge in [-0.25, -0.2) is 0 Å². The van der Waals surface area contributed by atoms with Gasteiger partial charge in [0.25, 0.3) is 0 Å². The molecule has 0 aromatic heterocycles. The molecule has 1 rings (SSSR count). The van der Waals surface area contributed by atoms with Gasteiger partial charge in [-0.3, -0.25) is 9.59 Å². The molecule has 4 nitrogen and oxygen atoms in total. The van der Waals surface area contributed by atoms with Crippen LogP contribution < -0.4 is 11.1 Å². The van der Waals surface area contributed by atoms with E-state index in [4.69, 9.17) is 5.73 Å². The molecule has 1 amide bonds. The van der Waals surface area contributed by atoms with E-state index < -0.39 is 6.04 Å². The second-order valence-electron chi connectivity index (χ2n) is 2.73. The van der Waals surface area contributed by atoms with E-state index in [0.29, 0.717) is 5.56 Å². The average Bonchev–Trinajstić information content (AvgIpc) is 2.26. The Morgan fingerprint density at radius 1 is 1.43 bits per heavy atom. The SMILES string of the molecule is NCC(=O)NC([C]=O)c1ccccc1. The predicted molar refractivity (Wildman–Crippen MR) is 52.1 cm³/mol. The number of carbonyl (C=O) groups is 1. The molecule has 73 valence electrons. The molecule has 1 unspecified atom stereocenters. The Morgan fingerprint density at radius 2 is 2.07 bits per heavy atom. The van der Waals surface area contributed by atoms with Crippen molar-refractivity contribution in [1.82, 2.24) is 5.32 Å². The van der Waals surface area contributed by atoms with Gasteiger partial charge in [0.2, 0.25) is 12.2 Å². The second kappa shape index (κ2) is 5.14. The van der Waals surface area contributed by atoms with Crippen molar-refractivity contribution < 1.29 is 9.59 Å². The first-order valence-corrected chi connectivity index (χ1v) is 4.20. The molecule has 14 heavy (non-hydrogen) atoms. The van der Waals surface area contributed by atoms with E-state index in [9.17, 15) is 9.59 Å². The highest BCUT2D eigenvalue weighted by molar-refractivity contribution is 5.81. The topological polar surface area (TPSA) is 72.2 Å². The van der Waals surface area contributed by atoms with Gasteiger partial charge in [-0.05, 0) is 5.56 Å².